The summed E-state index contributed by atoms with van der Waals surface area (Å²) >= 11 is 0. The van der Waals surface area contributed by atoms with Gasteiger partial charge in [0.25, 0.3) is 0 Å². The zero-order chi connectivity index (χ0) is 23.1. The van der Waals surface area contributed by atoms with Crippen molar-refractivity contribution < 1.29 is 28.4 Å². The molecule has 2 aliphatic rings. The smallest absolute Gasteiger partial charge is 0.244 e. The Morgan fingerprint density at radius 3 is 2.45 bits per heavy atom. The first-order chi connectivity index (χ1) is 16.1. The number of benzene rings is 2. The Kier molecular flexibility index (Phi) is 4.86. The molecule has 5 rings (SSSR count). The number of nitrogens with zero attached hydrogens (tertiary/aromatic N) is 2. The monoisotopic (exact) mass is 448 g/mol. The van der Waals surface area contributed by atoms with Crippen LogP contribution in [0, 0.1) is 11.3 Å². The van der Waals surface area contributed by atoms with Gasteiger partial charge in [-0.05, 0) is 29.8 Å². The molecule has 1 aromatic heterocycles. The number of aromatic amines is 1. The van der Waals surface area contributed by atoms with Gasteiger partial charge < -0.3 is 34.2 Å². The van der Waals surface area contributed by atoms with E-state index in [1.54, 1.807) is 32.4 Å². The Bertz CT molecular complexity index is 1300. The van der Waals surface area contributed by atoms with Gasteiger partial charge in [-0.2, -0.15) is 5.26 Å². The summed E-state index contributed by atoms with van der Waals surface area (Å²) in [6.07, 6.45) is 0. The second-order valence-corrected chi connectivity index (χ2v) is 7.27. The van der Waals surface area contributed by atoms with E-state index in [2.05, 4.69) is 16.3 Å². The molecule has 0 fully saturated rings. The molecule has 3 N–H and O–H groups in total. The highest BCUT2D eigenvalue weighted by molar-refractivity contribution is 5.75. The van der Waals surface area contributed by atoms with E-state index in [-0.39, 0.29) is 24.1 Å². The van der Waals surface area contributed by atoms with Crippen LogP contribution >= 0.6 is 0 Å². The third kappa shape index (κ3) is 3.13. The van der Waals surface area contributed by atoms with Crippen molar-refractivity contribution in [2.75, 3.05) is 28.1 Å². The lowest BCUT2D eigenvalue weighted by molar-refractivity contribution is 0.174. The van der Waals surface area contributed by atoms with Crippen LogP contribution in [0.4, 0.5) is 0 Å². The molecule has 10 nitrogen and oxygen atoms in total. The van der Waals surface area contributed by atoms with Gasteiger partial charge in [-0.1, -0.05) is 6.07 Å². The van der Waals surface area contributed by atoms with E-state index in [1.165, 1.54) is 7.11 Å². The molecule has 1 atom stereocenters. The number of allylic oxidation sites excluding steroid dienone is 1. The zero-order valence-electron chi connectivity index (χ0n) is 18.1. The molecule has 3 heterocycles. The van der Waals surface area contributed by atoms with Crippen molar-refractivity contribution in [3.05, 3.63) is 52.9 Å². The predicted octanol–water partition coefficient (Wildman–Crippen LogP) is 3.05. The Hall–Kier alpha value is -4.52. The highest BCUT2D eigenvalue weighted by Crippen LogP contribution is 2.49. The number of ether oxygens (including phenoxy) is 6. The minimum Gasteiger partial charge on any atom is -0.493 e. The van der Waals surface area contributed by atoms with Crippen molar-refractivity contribution in [2.45, 2.75) is 5.92 Å². The highest BCUT2D eigenvalue weighted by atomic mass is 16.7. The average Bonchev–Trinajstić information content (AvgIpc) is 3.48. The molecule has 0 spiro atoms. The van der Waals surface area contributed by atoms with Gasteiger partial charge in [-0.3, -0.25) is 5.10 Å². The first kappa shape index (κ1) is 20.4. The summed E-state index contributed by atoms with van der Waals surface area (Å²) in [4.78, 5) is 0. The van der Waals surface area contributed by atoms with Gasteiger partial charge in [0.1, 0.15) is 11.6 Å². The first-order valence-electron chi connectivity index (χ1n) is 9.95. The third-order valence-electron chi connectivity index (χ3n) is 5.62. The number of nitrogens with two attached hydrogens (primary N) is 1. The Morgan fingerprint density at radius 2 is 1.79 bits per heavy atom. The van der Waals surface area contributed by atoms with E-state index in [0.717, 1.165) is 5.56 Å². The molecule has 0 aliphatic carbocycles. The fourth-order valence-corrected chi connectivity index (χ4v) is 4.12. The van der Waals surface area contributed by atoms with Gasteiger partial charge in [0.2, 0.25) is 24.3 Å². The van der Waals surface area contributed by atoms with Crippen LogP contribution in [0.25, 0.3) is 11.3 Å². The largest absolute Gasteiger partial charge is 0.493 e. The molecule has 10 heteroatoms. The van der Waals surface area contributed by atoms with Crippen LogP contribution in [-0.2, 0) is 0 Å². The van der Waals surface area contributed by atoms with Crippen molar-refractivity contribution >= 4 is 0 Å². The van der Waals surface area contributed by atoms with Crippen LogP contribution in [0.3, 0.4) is 0 Å². The molecule has 2 aliphatic heterocycles. The third-order valence-corrected chi connectivity index (χ3v) is 5.62. The lowest BCUT2D eigenvalue weighted by Crippen LogP contribution is -2.21. The number of nitriles is 1. The standard InChI is InChI=1S/C23H20N4O6/c1-28-16-7-12(8-17(29-2)21(16)30-3)20-19-18(11-4-5-14-15(6-11)32-10-31-14)13(9-24)22(25)33-23(19)27-26-20/h4-8,18H,10,25H2,1-3H3,(H,26,27). The van der Waals surface area contributed by atoms with E-state index in [1.807, 2.05) is 12.1 Å². The van der Waals surface area contributed by atoms with E-state index >= 15 is 0 Å². The molecular weight excluding hydrogens is 428 g/mol. The van der Waals surface area contributed by atoms with Crippen LogP contribution in [0.5, 0.6) is 34.6 Å². The van der Waals surface area contributed by atoms with Crippen LogP contribution in [0.2, 0.25) is 0 Å². The fourth-order valence-electron chi connectivity index (χ4n) is 4.12. The summed E-state index contributed by atoms with van der Waals surface area (Å²) in [6.45, 7) is 0.142. The summed E-state index contributed by atoms with van der Waals surface area (Å²) in [5, 5.41) is 17.3. The molecule has 1 unspecified atom stereocenters. The number of methoxy groups -OCH3 is 3. The maximum atomic E-state index is 9.93. The number of aromatic nitrogens is 2. The fraction of sp³-hybridized carbons (Fsp3) is 0.217. The molecule has 0 amide bonds. The Labute approximate surface area is 189 Å². The van der Waals surface area contributed by atoms with Crippen molar-refractivity contribution in [3.8, 4) is 52.0 Å². The van der Waals surface area contributed by atoms with Crippen LogP contribution in [0.1, 0.15) is 17.0 Å². The summed E-state index contributed by atoms with van der Waals surface area (Å²) < 4.78 is 33.1. The first-order valence-corrected chi connectivity index (χ1v) is 9.95. The number of fused-ring (bicyclic) bond motifs is 2. The van der Waals surface area contributed by atoms with Gasteiger partial charge >= 0.3 is 0 Å². The van der Waals surface area contributed by atoms with E-state index in [4.69, 9.17) is 34.2 Å². The van der Waals surface area contributed by atoms with Crippen molar-refractivity contribution in [1.29, 1.82) is 5.26 Å². The predicted molar refractivity (Wildman–Crippen MR) is 116 cm³/mol. The van der Waals surface area contributed by atoms with Crippen molar-refractivity contribution in [1.82, 2.24) is 10.2 Å². The summed E-state index contributed by atoms with van der Waals surface area (Å²) in [7, 11) is 4.62. The van der Waals surface area contributed by atoms with Gasteiger partial charge in [-0.15, -0.1) is 5.10 Å². The Morgan fingerprint density at radius 1 is 1.06 bits per heavy atom. The second-order valence-electron chi connectivity index (χ2n) is 7.27. The lowest BCUT2D eigenvalue weighted by atomic mass is 9.83. The van der Waals surface area contributed by atoms with E-state index in [9.17, 15) is 5.26 Å². The molecule has 168 valence electrons. The van der Waals surface area contributed by atoms with Crippen molar-refractivity contribution in [2.24, 2.45) is 5.73 Å². The lowest BCUT2D eigenvalue weighted by Gasteiger charge is -2.24. The van der Waals surface area contributed by atoms with Gasteiger partial charge in [0.05, 0.1) is 38.5 Å². The van der Waals surface area contributed by atoms with Crippen LogP contribution in [0.15, 0.2) is 41.8 Å². The molecular formula is C23H20N4O6. The van der Waals surface area contributed by atoms with Crippen molar-refractivity contribution in [3.63, 3.8) is 0 Å². The summed E-state index contributed by atoms with van der Waals surface area (Å²) in [5.74, 6) is 2.36. The number of nitrogens with one attached hydrogen (secondary N) is 1. The van der Waals surface area contributed by atoms with E-state index in [0.29, 0.717) is 45.6 Å². The molecule has 2 aromatic carbocycles. The Balaban J connectivity index is 1.72. The second kappa shape index (κ2) is 7.87. The average molecular weight is 448 g/mol. The maximum absolute atomic E-state index is 9.93. The molecule has 0 radical (unpaired) electrons. The minimum absolute atomic E-state index is 0.00407. The molecule has 0 saturated heterocycles. The molecule has 33 heavy (non-hydrogen) atoms. The number of hydrogen-bond acceptors (Lipinski definition) is 9. The van der Waals surface area contributed by atoms with Gasteiger partial charge in [0, 0.05) is 5.56 Å². The van der Waals surface area contributed by atoms with Crippen LogP contribution in [-0.4, -0.2) is 38.3 Å². The SMILES string of the molecule is COc1cc(-c2[nH]nc3c2C(c2ccc4c(c2)OCO4)C(C#N)=C(N)O3)cc(OC)c1OC. The molecule has 3 aromatic rings. The zero-order valence-corrected chi connectivity index (χ0v) is 18.1. The van der Waals surface area contributed by atoms with Crippen LogP contribution < -0.4 is 34.2 Å². The molecule has 0 bridgehead atoms. The summed E-state index contributed by atoms with van der Waals surface area (Å²) in [5.41, 5.74) is 9.09. The van der Waals surface area contributed by atoms with Gasteiger partial charge in [0.15, 0.2) is 23.0 Å². The quantitative estimate of drug-likeness (QED) is 0.604. The minimum atomic E-state index is -0.555. The number of hydrogen-bond donors (Lipinski definition) is 2. The maximum Gasteiger partial charge on any atom is 0.244 e. The number of rotatable bonds is 5. The topological polar surface area (TPSA) is 134 Å². The van der Waals surface area contributed by atoms with Gasteiger partial charge in [-0.25, -0.2) is 0 Å². The summed E-state index contributed by atoms with van der Waals surface area (Å²) in [6, 6.07) is 11.3. The number of H-pyrrole nitrogens is 1. The highest BCUT2D eigenvalue weighted by Gasteiger charge is 2.36. The van der Waals surface area contributed by atoms with E-state index < -0.39 is 5.92 Å². The normalized spacial score (nSPS) is 16.0. The molecule has 0 saturated carbocycles.